The smallest absolute Gasteiger partial charge is 0.303 e. The molecule has 3 rings (SSSR count). The number of nitrogens with zero attached hydrogens (tertiary/aromatic N) is 4. The molecule has 27 heavy (non-hydrogen) atoms. The summed E-state index contributed by atoms with van der Waals surface area (Å²) in [4.78, 5) is 28.3. The Balaban J connectivity index is 1.69. The van der Waals surface area contributed by atoms with E-state index in [4.69, 9.17) is 9.84 Å². The van der Waals surface area contributed by atoms with Gasteiger partial charge in [-0.1, -0.05) is 0 Å². The number of carbonyl (C=O) groups excluding carboxylic acids is 1. The predicted octanol–water partition coefficient (Wildman–Crippen LogP) is 1.49. The molecular weight excluding hydrogens is 348 g/mol. The monoisotopic (exact) mass is 378 g/mol. The fraction of sp³-hybridized carbons (Fsp3) is 0.737. The second-order valence-corrected chi connectivity index (χ2v) is 7.75. The molecule has 2 saturated heterocycles. The maximum atomic E-state index is 12.9. The van der Waals surface area contributed by atoms with Crippen LogP contribution < -0.4 is 0 Å². The first-order valence-corrected chi connectivity index (χ1v) is 9.82. The first-order chi connectivity index (χ1) is 13.0. The minimum atomic E-state index is -0.780. The van der Waals surface area contributed by atoms with Gasteiger partial charge in [0.15, 0.2) is 0 Å². The molecule has 1 aromatic rings. The predicted molar refractivity (Wildman–Crippen MR) is 99.7 cm³/mol. The van der Waals surface area contributed by atoms with Gasteiger partial charge in [-0.2, -0.15) is 5.10 Å². The van der Waals surface area contributed by atoms with Crippen molar-refractivity contribution in [2.45, 2.75) is 45.2 Å². The van der Waals surface area contributed by atoms with Gasteiger partial charge in [-0.15, -0.1) is 0 Å². The summed E-state index contributed by atoms with van der Waals surface area (Å²) >= 11 is 0. The van der Waals surface area contributed by atoms with Gasteiger partial charge in [0.1, 0.15) is 0 Å². The Bertz CT molecular complexity index is 654. The fourth-order valence-corrected chi connectivity index (χ4v) is 4.10. The number of rotatable bonds is 6. The summed E-state index contributed by atoms with van der Waals surface area (Å²) in [7, 11) is 0. The standard InChI is InChI=1S/C19H30N4O4/c1-14(2)23-13-16(11-20-23)19(26)22-6-5-17(21-7-9-27-10-8-21)15(12-22)3-4-18(24)25/h11,13-15,17H,3-10,12H2,1-2H3,(H,24,25)/t15-,17+/m1/s1. The molecule has 0 spiro atoms. The van der Waals surface area contributed by atoms with Gasteiger partial charge in [0.2, 0.25) is 0 Å². The number of amides is 1. The number of aromatic nitrogens is 2. The number of piperidine rings is 1. The number of carbonyl (C=O) groups is 2. The van der Waals surface area contributed by atoms with Crippen LogP contribution in [0.3, 0.4) is 0 Å². The van der Waals surface area contributed by atoms with Crippen LogP contribution in [0.4, 0.5) is 0 Å². The van der Waals surface area contributed by atoms with E-state index in [1.165, 1.54) is 0 Å². The van der Waals surface area contributed by atoms with Crippen LogP contribution in [0.1, 0.15) is 49.5 Å². The van der Waals surface area contributed by atoms with E-state index in [0.717, 1.165) is 32.7 Å². The molecular formula is C19H30N4O4. The Labute approximate surface area is 160 Å². The van der Waals surface area contributed by atoms with Crippen molar-refractivity contribution in [1.82, 2.24) is 19.6 Å². The molecule has 1 aromatic heterocycles. The van der Waals surface area contributed by atoms with E-state index in [1.807, 2.05) is 18.7 Å². The molecule has 8 nitrogen and oxygen atoms in total. The molecule has 0 saturated carbocycles. The minimum Gasteiger partial charge on any atom is -0.481 e. The van der Waals surface area contributed by atoms with Crippen molar-refractivity contribution < 1.29 is 19.4 Å². The van der Waals surface area contributed by atoms with Gasteiger partial charge < -0.3 is 14.7 Å². The van der Waals surface area contributed by atoms with Crippen LogP contribution >= 0.6 is 0 Å². The van der Waals surface area contributed by atoms with Crippen LogP contribution in [-0.2, 0) is 9.53 Å². The van der Waals surface area contributed by atoms with Crippen molar-refractivity contribution in [3.8, 4) is 0 Å². The summed E-state index contributed by atoms with van der Waals surface area (Å²) in [5.74, 6) is -0.628. The molecule has 2 aliphatic rings. The van der Waals surface area contributed by atoms with Gasteiger partial charge in [0.05, 0.1) is 25.0 Å². The zero-order valence-electron chi connectivity index (χ0n) is 16.2. The van der Waals surface area contributed by atoms with Crippen LogP contribution in [0.2, 0.25) is 0 Å². The van der Waals surface area contributed by atoms with E-state index >= 15 is 0 Å². The zero-order valence-corrected chi connectivity index (χ0v) is 16.2. The number of carboxylic acid groups (broad SMARTS) is 1. The van der Waals surface area contributed by atoms with Gasteiger partial charge in [-0.05, 0) is 32.6 Å². The summed E-state index contributed by atoms with van der Waals surface area (Å²) in [5, 5.41) is 13.4. The van der Waals surface area contributed by atoms with E-state index in [2.05, 4.69) is 10.00 Å². The van der Waals surface area contributed by atoms with Gasteiger partial charge in [0, 0.05) is 50.9 Å². The third-order valence-corrected chi connectivity index (χ3v) is 5.60. The molecule has 1 amide bonds. The van der Waals surface area contributed by atoms with Gasteiger partial charge >= 0.3 is 5.97 Å². The average Bonchev–Trinajstić information content (AvgIpc) is 3.17. The van der Waals surface area contributed by atoms with Crippen LogP contribution in [0.5, 0.6) is 0 Å². The molecule has 2 aliphatic heterocycles. The summed E-state index contributed by atoms with van der Waals surface area (Å²) in [6.45, 7) is 8.54. The number of hydrogen-bond acceptors (Lipinski definition) is 5. The Morgan fingerprint density at radius 1 is 1.30 bits per heavy atom. The van der Waals surface area contributed by atoms with Crippen molar-refractivity contribution in [2.75, 3.05) is 39.4 Å². The van der Waals surface area contributed by atoms with Crippen molar-refractivity contribution in [3.05, 3.63) is 18.0 Å². The van der Waals surface area contributed by atoms with Gasteiger partial charge in [0.25, 0.3) is 5.91 Å². The highest BCUT2D eigenvalue weighted by Crippen LogP contribution is 2.28. The highest BCUT2D eigenvalue weighted by atomic mass is 16.5. The normalized spacial score (nSPS) is 24.3. The Hall–Kier alpha value is -1.93. The lowest BCUT2D eigenvalue weighted by Crippen LogP contribution is -2.55. The second-order valence-electron chi connectivity index (χ2n) is 7.75. The summed E-state index contributed by atoms with van der Waals surface area (Å²) in [5.41, 5.74) is 0.602. The average molecular weight is 378 g/mol. The highest BCUT2D eigenvalue weighted by molar-refractivity contribution is 5.93. The molecule has 8 heteroatoms. The third-order valence-electron chi connectivity index (χ3n) is 5.60. The molecule has 0 aliphatic carbocycles. The first kappa shape index (κ1) is 19.8. The molecule has 0 aromatic carbocycles. The van der Waals surface area contributed by atoms with Crippen molar-refractivity contribution >= 4 is 11.9 Å². The van der Waals surface area contributed by atoms with Crippen molar-refractivity contribution in [2.24, 2.45) is 5.92 Å². The zero-order chi connectivity index (χ0) is 19.4. The number of carboxylic acids is 1. The second kappa shape index (κ2) is 8.84. The first-order valence-electron chi connectivity index (χ1n) is 9.82. The number of likely N-dealkylation sites (tertiary alicyclic amines) is 1. The number of hydrogen-bond donors (Lipinski definition) is 1. The number of aliphatic carboxylic acids is 1. The fourth-order valence-electron chi connectivity index (χ4n) is 4.10. The molecule has 0 bridgehead atoms. The Morgan fingerprint density at radius 2 is 2.04 bits per heavy atom. The van der Waals surface area contributed by atoms with Crippen LogP contribution in [0, 0.1) is 5.92 Å². The summed E-state index contributed by atoms with van der Waals surface area (Å²) in [6, 6.07) is 0.526. The number of ether oxygens (including phenoxy) is 1. The van der Waals surface area contributed by atoms with E-state index in [0.29, 0.717) is 31.1 Å². The van der Waals surface area contributed by atoms with Crippen molar-refractivity contribution in [3.63, 3.8) is 0 Å². The maximum absolute atomic E-state index is 12.9. The molecule has 150 valence electrons. The molecule has 0 radical (unpaired) electrons. The lowest BCUT2D eigenvalue weighted by molar-refractivity contribution is -0.137. The van der Waals surface area contributed by atoms with Gasteiger partial charge in [-0.3, -0.25) is 19.2 Å². The van der Waals surface area contributed by atoms with E-state index < -0.39 is 5.97 Å². The molecule has 1 N–H and O–H groups in total. The third kappa shape index (κ3) is 4.87. The van der Waals surface area contributed by atoms with Crippen LogP contribution in [0.15, 0.2) is 12.4 Å². The molecule has 0 unspecified atom stereocenters. The topological polar surface area (TPSA) is 87.9 Å². The molecule has 2 atom stereocenters. The quantitative estimate of drug-likeness (QED) is 0.807. The lowest BCUT2D eigenvalue weighted by atomic mass is 9.86. The maximum Gasteiger partial charge on any atom is 0.303 e. The summed E-state index contributed by atoms with van der Waals surface area (Å²) < 4.78 is 7.24. The largest absolute Gasteiger partial charge is 0.481 e. The minimum absolute atomic E-state index is 0.0114. The molecule has 2 fully saturated rings. The highest BCUT2D eigenvalue weighted by Gasteiger charge is 2.36. The van der Waals surface area contributed by atoms with Crippen molar-refractivity contribution in [1.29, 1.82) is 0 Å². The van der Waals surface area contributed by atoms with Gasteiger partial charge in [-0.25, -0.2) is 0 Å². The Morgan fingerprint density at radius 3 is 2.67 bits per heavy atom. The van der Waals surface area contributed by atoms with E-state index in [-0.39, 0.29) is 24.3 Å². The Kier molecular flexibility index (Phi) is 6.49. The summed E-state index contributed by atoms with van der Waals surface area (Å²) in [6.07, 6.45) is 5.02. The SMILES string of the molecule is CC(C)n1cc(C(=O)N2CC[C@H](N3CCOCC3)[C@H](CCC(=O)O)C2)cn1. The van der Waals surface area contributed by atoms with E-state index in [1.54, 1.807) is 17.1 Å². The number of morpholine rings is 1. The lowest BCUT2D eigenvalue weighted by Gasteiger charge is -2.45. The molecule has 3 heterocycles. The van der Waals surface area contributed by atoms with Crippen LogP contribution in [0.25, 0.3) is 0 Å². The van der Waals surface area contributed by atoms with E-state index in [9.17, 15) is 9.59 Å². The van der Waals surface area contributed by atoms with Crippen LogP contribution in [-0.4, -0.2) is 82.0 Å².